The Balaban J connectivity index is 0.907. The van der Waals surface area contributed by atoms with Crippen molar-refractivity contribution < 1.29 is 0 Å². The molecule has 336 valence electrons. The van der Waals surface area contributed by atoms with Crippen LogP contribution in [0.4, 0.5) is 17.1 Å². The molecule has 15 rings (SSSR count). The molecule has 0 N–H and O–H groups in total. The van der Waals surface area contributed by atoms with Gasteiger partial charge in [-0.2, -0.15) is 0 Å². The normalized spacial score (nSPS) is 12.8. The minimum Gasteiger partial charge on any atom is -0.309 e. The monoisotopic (exact) mass is 949 g/mol. The first-order valence-electron chi connectivity index (χ1n) is 24.7. The molecular weight excluding hydrogens is 907 g/mol. The van der Waals surface area contributed by atoms with E-state index in [1.807, 2.05) is 22.7 Å². The molecule has 2 heterocycles. The van der Waals surface area contributed by atoms with Crippen LogP contribution >= 0.6 is 22.7 Å². The van der Waals surface area contributed by atoms with E-state index < -0.39 is 5.41 Å². The minimum absolute atomic E-state index is 0.507. The molecule has 1 nitrogen and oxygen atoms in total. The summed E-state index contributed by atoms with van der Waals surface area (Å²) in [5.74, 6) is 0. The molecule has 12 aromatic carbocycles. The summed E-state index contributed by atoms with van der Waals surface area (Å²) in [6.07, 6.45) is 0. The van der Waals surface area contributed by atoms with E-state index in [0.29, 0.717) is 0 Å². The Kier molecular flexibility index (Phi) is 9.29. The lowest BCUT2D eigenvalue weighted by atomic mass is 9.66. The van der Waals surface area contributed by atoms with Crippen LogP contribution in [0.25, 0.3) is 95.3 Å². The number of anilines is 3. The van der Waals surface area contributed by atoms with E-state index in [-0.39, 0.29) is 0 Å². The molecular formula is C69H43NS2. The summed E-state index contributed by atoms with van der Waals surface area (Å²) < 4.78 is 5.27. The molecule has 14 aromatic rings. The second-order valence-corrected chi connectivity index (χ2v) is 21.1. The van der Waals surface area contributed by atoms with E-state index in [0.717, 1.165) is 11.4 Å². The highest BCUT2D eigenvalue weighted by Crippen LogP contribution is 2.59. The summed E-state index contributed by atoms with van der Waals surface area (Å²) in [6, 6.07) is 97.1. The Morgan fingerprint density at radius 3 is 1.36 bits per heavy atom. The standard InChI is InChI=1S/C69H43NS2/c1-3-18-48(19-4-1)69(49-20-5-2-6-21-49)62-30-12-11-24-56(62)57-27-13-25-52(64(57)69)46-32-38-50(39-33-46)70(63-31-15-29-59-61-43-37-45-17-8-10-23-54(45)67(61)72-68(59)63)51-40-34-47(35-41-51)55-26-14-28-58-60-42-36-44-16-7-9-22-53(44)66(60)71-65(55)58/h1-43H. The second kappa shape index (κ2) is 16.2. The van der Waals surface area contributed by atoms with Crippen molar-refractivity contribution in [1.29, 1.82) is 0 Å². The van der Waals surface area contributed by atoms with Gasteiger partial charge in [0.25, 0.3) is 0 Å². The SMILES string of the molecule is c1ccc(C2(c3ccccc3)c3ccccc3-c3cccc(-c4ccc(N(c5ccc(-c6cccc7c6sc6c8ccccc8ccc76)cc5)c5cccc6c5sc5c7ccccc7ccc65)cc4)c32)cc1. The van der Waals surface area contributed by atoms with Crippen molar-refractivity contribution >= 4 is 102 Å². The van der Waals surface area contributed by atoms with Gasteiger partial charge in [0.1, 0.15) is 0 Å². The average Bonchev–Trinajstić information content (AvgIpc) is 4.14. The van der Waals surface area contributed by atoms with Gasteiger partial charge in [0.15, 0.2) is 0 Å². The molecule has 72 heavy (non-hydrogen) atoms. The Labute approximate surface area is 425 Å². The molecule has 1 aliphatic carbocycles. The first-order chi connectivity index (χ1) is 35.7. The highest BCUT2D eigenvalue weighted by molar-refractivity contribution is 7.27. The predicted octanol–water partition coefficient (Wildman–Crippen LogP) is 19.9. The lowest BCUT2D eigenvalue weighted by Crippen LogP contribution is -2.29. The average molecular weight is 950 g/mol. The third-order valence-electron chi connectivity index (χ3n) is 15.3. The molecule has 0 unspecified atom stereocenters. The van der Waals surface area contributed by atoms with Gasteiger partial charge in [-0.1, -0.05) is 231 Å². The van der Waals surface area contributed by atoms with E-state index in [1.54, 1.807) is 0 Å². The predicted molar refractivity (Wildman–Crippen MR) is 310 cm³/mol. The highest BCUT2D eigenvalue weighted by atomic mass is 32.1. The van der Waals surface area contributed by atoms with Gasteiger partial charge in [-0.05, 0) is 108 Å². The van der Waals surface area contributed by atoms with Crippen LogP contribution in [0.5, 0.6) is 0 Å². The van der Waals surface area contributed by atoms with Gasteiger partial charge in [0.2, 0.25) is 0 Å². The molecule has 2 aromatic heterocycles. The fourth-order valence-corrected chi connectivity index (χ4v) is 14.9. The zero-order valence-corrected chi connectivity index (χ0v) is 40.7. The quantitative estimate of drug-likeness (QED) is 0.154. The van der Waals surface area contributed by atoms with E-state index in [4.69, 9.17) is 0 Å². The van der Waals surface area contributed by atoms with Crippen molar-refractivity contribution in [3.63, 3.8) is 0 Å². The largest absolute Gasteiger partial charge is 0.309 e. The Morgan fingerprint density at radius 2 is 0.722 bits per heavy atom. The molecule has 0 spiro atoms. The lowest BCUT2D eigenvalue weighted by Gasteiger charge is -2.35. The van der Waals surface area contributed by atoms with Crippen LogP contribution in [-0.2, 0) is 5.41 Å². The fourth-order valence-electron chi connectivity index (χ4n) is 12.2. The van der Waals surface area contributed by atoms with Gasteiger partial charge in [-0.3, -0.25) is 0 Å². The summed E-state index contributed by atoms with van der Waals surface area (Å²) in [5.41, 5.74) is 15.5. The van der Waals surface area contributed by atoms with Crippen molar-refractivity contribution in [1.82, 2.24) is 0 Å². The van der Waals surface area contributed by atoms with Gasteiger partial charge in [-0.25, -0.2) is 0 Å². The summed E-state index contributed by atoms with van der Waals surface area (Å²) in [7, 11) is 0. The number of thiophene rings is 2. The number of rotatable bonds is 7. The van der Waals surface area contributed by atoms with Crippen LogP contribution in [0.3, 0.4) is 0 Å². The van der Waals surface area contributed by atoms with Crippen molar-refractivity contribution in [2.75, 3.05) is 4.90 Å². The number of hydrogen-bond acceptors (Lipinski definition) is 3. The molecule has 0 radical (unpaired) electrons. The molecule has 0 saturated heterocycles. The van der Waals surface area contributed by atoms with Crippen molar-refractivity contribution in [3.05, 3.63) is 283 Å². The lowest BCUT2D eigenvalue weighted by molar-refractivity contribution is 0.770. The molecule has 0 amide bonds. The maximum Gasteiger partial charge on any atom is 0.0719 e. The first-order valence-corrected chi connectivity index (χ1v) is 26.4. The van der Waals surface area contributed by atoms with E-state index in [9.17, 15) is 0 Å². The van der Waals surface area contributed by atoms with Crippen molar-refractivity contribution in [3.8, 4) is 33.4 Å². The number of benzene rings is 12. The zero-order chi connectivity index (χ0) is 47.3. The van der Waals surface area contributed by atoms with E-state index >= 15 is 0 Å². The number of fused-ring (bicyclic) bond motifs is 13. The van der Waals surface area contributed by atoms with Gasteiger partial charge < -0.3 is 4.90 Å². The third kappa shape index (κ3) is 6.05. The summed E-state index contributed by atoms with van der Waals surface area (Å²) >= 11 is 3.81. The van der Waals surface area contributed by atoms with Gasteiger partial charge >= 0.3 is 0 Å². The second-order valence-electron chi connectivity index (χ2n) is 19.1. The summed E-state index contributed by atoms with van der Waals surface area (Å²) in [4.78, 5) is 2.48. The topological polar surface area (TPSA) is 3.24 Å². The number of nitrogens with zero attached hydrogens (tertiary/aromatic N) is 1. The van der Waals surface area contributed by atoms with Crippen LogP contribution in [0, 0.1) is 0 Å². The van der Waals surface area contributed by atoms with E-state index in [1.165, 1.54) is 123 Å². The van der Waals surface area contributed by atoms with E-state index in [2.05, 4.69) is 266 Å². The maximum absolute atomic E-state index is 2.48. The maximum atomic E-state index is 2.48. The smallest absolute Gasteiger partial charge is 0.0719 e. The fraction of sp³-hybridized carbons (Fsp3) is 0.0145. The van der Waals surface area contributed by atoms with Crippen LogP contribution in [0.15, 0.2) is 261 Å². The Bertz CT molecular complexity index is 4390. The van der Waals surface area contributed by atoms with Crippen LogP contribution in [0.1, 0.15) is 22.3 Å². The third-order valence-corrected chi connectivity index (χ3v) is 17.9. The summed E-state index contributed by atoms with van der Waals surface area (Å²) in [6.45, 7) is 0. The molecule has 3 heteroatoms. The van der Waals surface area contributed by atoms with Gasteiger partial charge in [-0.15, -0.1) is 22.7 Å². The molecule has 0 bridgehead atoms. The summed E-state index contributed by atoms with van der Waals surface area (Å²) in [5, 5.41) is 10.4. The van der Waals surface area contributed by atoms with Crippen molar-refractivity contribution in [2.24, 2.45) is 0 Å². The van der Waals surface area contributed by atoms with Gasteiger partial charge in [0, 0.05) is 47.0 Å². The Morgan fingerprint density at radius 1 is 0.278 bits per heavy atom. The molecule has 1 aliphatic rings. The minimum atomic E-state index is -0.507. The highest BCUT2D eigenvalue weighted by Gasteiger charge is 2.47. The van der Waals surface area contributed by atoms with Crippen LogP contribution in [0.2, 0.25) is 0 Å². The van der Waals surface area contributed by atoms with Crippen molar-refractivity contribution in [2.45, 2.75) is 5.41 Å². The molecule has 0 fully saturated rings. The van der Waals surface area contributed by atoms with Gasteiger partial charge in [0.05, 0.1) is 15.8 Å². The zero-order valence-electron chi connectivity index (χ0n) is 39.1. The first kappa shape index (κ1) is 41.2. The van der Waals surface area contributed by atoms with Crippen LogP contribution < -0.4 is 4.90 Å². The van der Waals surface area contributed by atoms with Crippen LogP contribution in [-0.4, -0.2) is 0 Å². The molecule has 0 atom stereocenters. The Hall–Kier alpha value is -8.60. The number of hydrogen-bond donors (Lipinski definition) is 0. The molecule has 0 aliphatic heterocycles. The molecule has 0 saturated carbocycles.